The summed E-state index contributed by atoms with van der Waals surface area (Å²) in [7, 11) is 0. The Morgan fingerprint density at radius 2 is 2.00 bits per heavy atom. The lowest BCUT2D eigenvalue weighted by atomic mass is 9.96. The van der Waals surface area contributed by atoms with E-state index in [0.717, 1.165) is 31.7 Å². The van der Waals surface area contributed by atoms with Crippen LogP contribution in [0.25, 0.3) is 0 Å². The summed E-state index contributed by atoms with van der Waals surface area (Å²) in [5.41, 5.74) is 6.67. The van der Waals surface area contributed by atoms with Crippen molar-refractivity contribution in [1.29, 1.82) is 0 Å². The summed E-state index contributed by atoms with van der Waals surface area (Å²) in [6, 6.07) is 4.23. The third-order valence-electron chi connectivity index (χ3n) is 4.07. The molecule has 1 aliphatic heterocycles. The van der Waals surface area contributed by atoms with E-state index in [4.69, 9.17) is 5.73 Å². The first-order valence-corrected chi connectivity index (χ1v) is 8.80. The zero-order valence-corrected chi connectivity index (χ0v) is 15.0. The fourth-order valence-electron chi connectivity index (χ4n) is 2.64. The summed E-state index contributed by atoms with van der Waals surface area (Å²) >= 11 is 0. The zero-order valence-electron chi connectivity index (χ0n) is 15.0. The van der Waals surface area contributed by atoms with Crippen LogP contribution >= 0.6 is 0 Å². The molecule has 2 heterocycles. The average molecular weight is 320 g/mol. The number of carbonyl (C=O) groups excluding carboxylic acids is 1. The smallest absolute Gasteiger partial charge is 0.223 e. The van der Waals surface area contributed by atoms with E-state index in [1.165, 1.54) is 5.56 Å². The minimum Gasteiger partial charge on any atom is -0.357 e. The molecule has 2 rings (SSSR count). The molecule has 0 aliphatic carbocycles. The van der Waals surface area contributed by atoms with Crippen molar-refractivity contribution in [3.05, 3.63) is 23.9 Å². The Bertz CT molecular complexity index is 451. The van der Waals surface area contributed by atoms with Crippen LogP contribution < -0.4 is 16.0 Å². The topological polar surface area (TPSA) is 71.2 Å². The van der Waals surface area contributed by atoms with Gasteiger partial charge in [-0.2, -0.15) is 0 Å². The highest BCUT2D eigenvalue weighted by Gasteiger charge is 2.25. The number of pyridine rings is 1. The molecule has 1 aromatic rings. The molecule has 1 aliphatic rings. The number of aromatic nitrogens is 1. The Labute approximate surface area is 140 Å². The predicted octanol–water partition coefficient (Wildman–Crippen LogP) is 2.52. The van der Waals surface area contributed by atoms with Crippen LogP contribution in [0.15, 0.2) is 18.3 Å². The first-order valence-electron chi connectivity index (χ1n) is 8.80. The Kier molecular flexibility index (Phi) is 8.62. The summed E-state index contributed by atoms with van der Waals surface area (Å²) < 4.78 is 0. The van der Waals surface area contributed by atoms with Crippen molar-refractivity contribution in [2.24, 2.45) is 11.7 Å². The van der Waals surface area contributed by atoms with Gasteiger partial charge < -0.3 is 16.0 Å². The molecule has 1 aromatic heterocycles. The predicted molar refractivity (Wildman–Crippen MR) is 96.7 cm³/mol. The number of hydrogen-bond acceptors (Lipinski definition) is 4. The van der Waals surface area contributed by atoms with Gasteiger partial charge >= 0.3 is 0 Å². The second-order valence-corrected chi connectivity index (χ2v) is 5.95. The molecular formula is C18H32N4O. The van der Waals surface area contributed by atoms with Crippen molar-refractivity contribution < 1.29 is 4.79 Å². The van der Waals surface area contributed by atoms with Gasteiger partial charge in [0.1, 0.15) is 5.82 Å². The standard InChI is InChI=1S/C16H26N4O.C2H6/c1-12(2)14-3-4-15(19-11-14)20-9-5-13(6-10-20)16(21)18-8-7-17;1-2/h3-4,11-13H,5-10,17H2,1-2H3,(H,18,21);1-2H3. The Hall–Kier alpha value is -1.62. The van der Waals surface area contributed by atoms with Crippen LogP contribution in [0.2, 0.25) is 0 Å². The Balaban J connectivity index is 0.00000127. The molecule has 23 heavy (non-hydrogen) atoms. The van der Waals surface area contributed by atoms with E-state index in [0.29, 0.717) is 19.0 Å². The molecule has 0 bridgehead atoms. The van der Waals surface area contributed by atoms with Gasteiger partial charge in [0.05, 0.1) is 0 Å². The maximum atomic E-state index is 11.9. The van der Waals surface area contributed by atoms with Gasteiger partial charge in [0.15, 0.2) is 0 Å². The van der Waals surface area contributed by atoms with Crippen molar-refractivity contribution in [3.8, 4) is 0 Å². The lowest BCUT2D eigenvalue weighted by molar-refractivity contribution is -0.125. The van der Waals surface area contributed by atoms with Crippen molar-refractivity contribution in [2.75, 3.05) is 31.1 Å². The van der Waals surface area contributed by atoms with Gasteiger partial charge in [-0.25, -0.2) is 4.98 Å². The van der Waals surface area contributed by atoms with Gasteiger partial charge in [-0.15, -0.1) is 0 Å². The molecule has 0 spiro atoms. The van der Waals surface area contributed by atoms with Crippen LogP contribution in [0.3, 0.4) is 0 Å². The lowest BCUT2D eigenvalue weighted by Gasteiger charge is -2.32. The number of carbonyl (C=O) groups is 1. The fourth-order valence-corrected chi connectivity index (χ4v) is 2.64. The highest BCUT2D eigenvalue weighted by Crippen LogP contribution is 2.23. The first kappa shape index (κ1) is 19.4. The molecule has 130 valence electrons. The molecule has 1 fully saturated rings. The highest BCUT2D eigenvalue weighted by molar-refractivity contribution is 5.78. The molecule has 0 atom stereocenters. The largest absolute Gasteiger partial charge is 0.357 e. The number of anilines is 1. The third-order valence-corrected chi connectivity index (χ3v) is 4.07. The zero-order chi connectivity index (χ0) is 17.2. The van der Waals surface area contributed by atoms with Crippen LogP contribution in [-0.4, -0.2) is 37.1 Å². The molecule has 0 radical (unpaired) electrons. The number of rotatable bonds is 5. The number of piperidine rings is 1. The Morgan fingerprint density at radius 3 is 2.48 bits per heavy atom. The van der Waals surface area contributed by atoms with E-state index >= 15 is 0 Å². The SMILES string of the molecule is CC.CC(C)c1ccc(N2CCC(C(=O)NCCN)CC2)nc1. The van der Waals surface area contributed by atoms with E-state index in [9.17, 15) is 4.79 Å². The van der Waals surface area contributed by atoms with Gasteiger partial charge in [0.2, 0.25) is 5.91 Å². The van der Waals surface area contributed by atoms with E-state index in [-0.39, 0.29) is 11.8 Å². The molecule has 1 saturated heterocycles. The van der Waals surface area contributed by atoms with E-state index in [2.05, 4.69) is 41.2 Å². The minimum absolute atomic E-state index is 0.114. The van der Waals surface area contributed by atoms with Gasteiger partial charge in [0, 0.05) is 38.3 Å². The highest BCUT2D eigenvalue weighted by atomic mass is 16.1. The van der Waals surface area contributed by atoms with Gasteiger partial charge in [-0.3, -0.25) is 4.79 Å². The molecular weight excluding hydrogens is 288 g/mol. The lowest BCUT2D eigenvalue weighted by Crippen LogP contribution is -2.42. The number of hydrogen-bond donors (Lipinski definition) is 2. The molecule has 0 saturated carbocycles. The quantitative estimate of drug-likeness (QED) is 0.874. The molecule has 0 aromatic carbocycles. The van der Waals surface area contributed by atoms with Crippen LogP contribution in [0.1, 0.15) is 52.0 Å². The van der Waals surface area contributed by atoms with E-state index in [1.54, 1.807) is 0 Å². The summed E-state index contributed by atoms with van der Waals surface area (Å²) in [5, 5.41) is 2.88. The second-order valence-electron chi connectivity index (χ2n) is 5.95. The summed E-state index contributed by atoms with van der Waals surface area (Å²) in [6.07, 6.45) is 3.72. The number of nitrogens with one attached hydrogen (secondary N) is 1. The summed E-state index contributed by atoms with van der Waals surface area (Å²) in [6.45, 7) is 11.2. The van der Waals surface area contributed by atoms with Crippen LogP contribution in [0.5, 0.6) is 0 Å². The van der Waals surface area contributed by atoms with Crippen molar-refractivity contribution in [1.82, 2.24) is 10.3 Å². The third kappa shape index (κ3) is 5.82. The monoisotopic (exact) mass is 320 g/mol. The average Bonchev–Trinajstić information content (AvgIpc) is 2.61. The second kappa shape index (κ2) is 10.2. The van der Waals surface area contributed by atoms with E-state index in [1.807, 2.05) is 20.0 Å². The molecule has 0 unspecified atom stereocenters. The molecule has 3 N–H and O–H groups in total. The summed E-state index contributed by atoms with van der Waals surface area (Å²) in [5.74, 6) is 1.77. The number of amides is 1. The van der Waals surface area contributed by atoms with Crippen LogP contribution in [0, 0.1) is 5.92 Å². The maximum absolute atomic E-state index is 11.9. The minimum atomic E-state index is 0.114. The molecule has 1 amide bonds. The van der Waals surface area contributed by atoms with Crippen LogP contribution in [-0.2, 0) is 4.79 Å². The molecule has 5 heteroatoms. The van der Waals surface area contributed by atoms with Gasteiger partial charge in [0.25, 0.3) is 0 Å². The van der Waals surface area contributed by atoms with Gasteiger partial charge in [-0.05, 0) is 30.4 Å². The first-order chi connectivity index (χ1) is 11.1. The van der Waals surface area contributed by atoms with Crippen molar-refractivity contribution >= 4 is 11.7 Å². The number of nitrogens with zero attached hydrogens (tertiary/aromatic N) is 2. The van der Waals surface area contributed by atoms with Crippen molar-refractivity contribution in [2.45, 2.75) is 46.5 Å². The Morgan fingerprint density at radius 1 is 1.35 bits per heavy atom. The summed E-state index contributed by atoms with van der Waals surface area (Å²) in [4.78, 5) is 18.7. The van der Waals surface area contributed by atoms with Crippen LogP contribution in [0.4, 0.5) is 5.82 Å². The maximum Gasteiger partial charge on any atom is 0.223 e. The fraction of sp³-hybridized carbons (Fsp3) is 0.667. The number of nitrogens with two attached hydrogens (primary N) is 1. The van der Waals surface area contributed by atoms with Gasteiger partial charge in [-0.1, -0.05) is 33.8 Å². The normalized spacial score (nSPS) is 15.1. The van der Waals surface area contributed by atoms with Crippen molar-refractivity contribution in [3.63, 3.8) is 0 Å². The molecule has 5 nitrogen and oxygen atoms in total. The van der Waals surface area contributed by atoms with E-state index < -0.39 is 0 Å².